The molecule has 0 aromatic heterocycles. The molecule has 0 aliphatic carbocycles. The van der Waals surface area contributed by atoms with E-state index in [4.69, 9.17) is 23.2 Å². The Labute approximate surface area is 162 Å². The summed E-state index contributed by atoms with van der Waals surface area (Å²) in [5, 5.41) is 1.60. The molecule has 0 bridgehead atoms. The van der Waals surface area contributed by atoms with Crippen molar-refractivity contribution in [1.29, 1.82) is 0 Å². The molecule has 2 rings (SSSR count). The Kier molecular flexibility index (Phi) is 7.46. The second kappa shape index (κ2) is 9.35. The molecule has 0 saturated carbocycles. The largest absolute Gasteiger partial charge is 0.372 e. The zero-order valence-corrected chi connectivity index (χ0v) is 17.2. The first-order valence-corrected chi connectivity index (χ1v) is 9.86. The van der Waals surface area contributed by atoms with Crippen LogP contribution in [-0.2, 0) is 6.42 Å². The predicted octanol–water partition coefficient (Wildman–Crippen LogP) is 6.28. The zero-order valence-electron chi connectivity index (χ0n) is 15.6. The van der Waals surface area contributed by atoms with E-state index in [9.17, 15) is 0 Å². The van der Waals surface area contributed by atoms with Gasteiger partial charge in [0.15, 0.2) is 0 Å². The topological polar surface area (TPSA) is 6.48 Å². The van der Waals surface area contributed by atoms with Crippen LogP contribution >= 0.6 is 23.2 Å². The maximum absolute atomic E-state index is 6.54. The Hall–Kier alpha value is -1.38. The lowest BCUT2D eigenvalue weighted by Crippen LogP contribution is -2.21. The van der Waals surface area contributed by atoms with Crippen LogP contribution in [0.5, 0.6) is 0 Å². The molecule has 25 heavy (non-hydrogen) atoms. The highest BCUT2D eigenvalue weighted by Gasteiger charge is 2.10. The zero-order chi connectivity index (χ0) is 18.4. The molecular weight excluding hydrogens is 351 g/mol. The molecule has 2 aromatic rings. The van der Waals surface area contributed by atoms with E-state index in [1.54, 1.807) is 0 Å². The summed E-state index contributed by atoms with van der Waals surface area (Å²) in [6.45, 7) is 12.5. The van der Waals surface area contributed by atoms with Gasteiger partial charge in [0, 0.05) is 54.0 Å². The minimum Gasteiger partial charge on any atom is -0.372 e. The van der Waals surface area contributed by atoms with Gasteiger partial charge < -0.3 is 9.80 Å². The van der Waals surface area contributed by atoms with Gasteiger partial charge in [0.05, 0.1) is 0 Å². The van der Waals surface area contributed by atoms with Gasteiger partial charge in [0.1, 0.15) is 0 Å². The van der Waals surface area contributed by atoms with Crippen molar-refractivity contribution in [3.8, 4) is 0 Å². The van der Waals surface area contributed by atoms with E-state index in [0.29, 0.717) is 0 Å². The standard InChI is InChI=1S/C21H28Cl2N2/c1-5-24(6-2)18-11-9-16(20(22)14-18)13-17-10-12-19(15-21(17)23)25(7-3)8-4/h9-12,14-15H,5-8,13H2,1-4H3. The second-order valence-electron chi connectivity index (χ2n) is 6.07. The highest BCUT2D eigenvalue weighted by Crippen LogP contribution is 2.30. The summed E-state index contributed by atoms with van der Waals surface area (Å²) in [7, 11) is 0. The van der Waals surface area contributed by atoms with Crippen LogP contribution in [-0.4, -0.2) is 26.2 Å². The highest BCUT2D eigenvalue weighted by atomic mass is 35.5. The average molecular weight is 379 g/mol. The van der Waals surface area contributed by atoms with Crippen molar-refractivity contribution in [3.63, 3.8) is 0 Å². The summed E-state index contributed by atoms with van der Waals surface area (Å²) in [6.07, 6.45) is 0.745. The van der Waals surface area contributed by atoms with E-state index < -0.39 is 0 Å². The molecule has 0 spiro atoms. The van der Waals surface area contributed by atoms with E-state index in [1.807, 2.05) is 0 Å². The second-order valence-corrected chi connectivity index (χ2v) is 6.89. The SMILES string of the molecule is CCN(CC)c1ccc(Cc2ccc(N(CC)CC)cc2Cl)c(Cl)c1. The van der Waals surface area contributed by atoms with Gasteiger partial charge in [-0.25, -0.2) is 0 Å². The number of hydrogen-bond donors (Lipinski definition) is 0. The third-order valence-electron chi connectivity index (χ3n) is 4.71. The maximum Gasteiger partial charge on any atom is 0.0461 e. The number of anilines is 2. The summed E-state index contributed by atoms with van der Waals surface area (Å²) in [6, 6.07) is 12.6. The van der Waals surface area contributed by atoms with E-state index in [2.05, 4.69) is 73.9 Å². The van der Waals surface area contributed by atoms with Gasteiger partial charge in [0.2, 0.25) is 0 Å². The Balaban J connectivity index is 2.22. The minimum atomic E-state index is 0.745. The van der Waals surface area contributed by atoms with Gasteiger partial charge in [-0.15, -0.1) is 0 Å². The Morgan fingerprint density at radius 1 is 0.640 bits per heavy atom. The normalized spacial score (nSPS) is 10.8. The van der Waals surface area contributed by atoms with Crippen LogP contribution in [0.15, 0.2) is 36.4 Å². The van der Waals surface area contributed by atoms with Crippen molar-refractivity contribution in [2.45, 2.75) is 34.1 Å². The van der Waals surface area contributed by atoms with Gasteiger partial charge in [-0.2, -0.15) is 0 Å². The molecule has 136 valence electrons. The van der Waals surface area contributed by atoms with Crippen LogP contribution in [0.25, 0.3) is 0 Å². The number of hydrogen-bond acceptors (Lipinski definition) is 2. The van der Waals surface area contributed by atoms with Crippen molar-refractivity contribution in [3.05, 3.63) is 57.6 Å². The number of rotatable bonds is 8. The molecule has 0 aliphatic heterocycles. The number of benzene rings is 2. The van der Waals surface area contributed by atoms with Crippen LogP contribution in [0.4, 0.5) is 11.4 Å². The lowest BCUT2D eigenvalue weighted by molar-refractivity contribution is 0.865. The first kappa shape index (κ1) is 19.9. The monoisotopic (exact) mass is 378 g/mol. The van der Waals surface area contributed by atoms with Crippen molar-refractivity contribution >= 4 is 34.6 Å². The molecule has 0 fully saturated rings. The molecule has 0 radical (unpaired) electrons. The van der Waals surface area contributed by atoms with Gasteiger partial charge in [-0.05, 0) is 63.1 Å². The third-order valence-corrected chi connectivity index (χ3v) is 5.42. The number of nitrogens with zero attached hydrogens (tertiary/aromatic N) is 2. The lowest BCUT2D eigenvalue weighted by atomic mass is 10.0. The fourth-order valence-corrected chi connectivity index (χ4v) is 3.62. The molecule has 0 aliphatic rings. The Morgan fingerprint density at radius 3 is 1.28 bits per heavy atom. The maximum atomic E-state index is 6.54. The van der Waals surface area contributed by atoms with Crippen molar-refractivity contribution < 1.29 is 0 Å². The molecule has 0 unspecified atom stereocenters. The minimum absolute atomic E-state index is 0.745. The van der Waals surface area contributed by atoms with Gasteiger partial charge >= 0.3 is 0 Å². The van der Waals surface area contributed by atoms with E-state index in [1.165, 1.54) is 11.4 Å². The van der Waals surface area contributed by atoms with Gasteiger partial charge in [-0.3, -0.25) is 0 Å². The smallest absolute Gasteiger partial charge is 0.0461 e. The summed E-state index contributed by atoms with van der Waals surface area (Å²) in [5.74, 6) is 0. The van der Waals surface area contributed by atoms with Crippen LogP contribution in [0.2, 0.25) is 10.0 Å². The molecule has 0 amide bonds. The van der Waals surface area contributed by atoms with Gasteiger partial charge in [0.25, 0.3) is 0 Å². The van der Waals surface area contributed by atoms with Crippen molar-refractivity contribution in [2.24, 2.45) is 0 Å². The van der Waals surface area contributed by atoms with E-state index >= 15 is 0 Å². The molecule has 0 N–H and O–H groups in total. The quantitative estimate of drug-likeness (QED) is 0.533. The molecule has 2 nitrogen and oxygen atoms in total. The molecule has 2 aromatic carbocycles. The van der Waals surface area contributed by atoms with Crippen LogP contribution in [0.3, 0.4) is 0 Å². The van der Waals surface area contributed by atoms with Crippen LogP contribution in [0.1, 0.15) is 38.8 Å². The van der Waals surface area contributed by atoms with E-state index in [-0.39, 0.29) is 0 Å². The predicted molar refractivity (Wildman–Crippen MR) is 113 cm³/mol. The summed E-state index contributed by atoms with van der Waals surface area (Å²) in [5.41, 5.74) is 4.55. The first-order chi connectivity index (χ1) is 12.0. The lowest BCUT2D eigenvalue weighted by Gasteiger charge is -2.22. The molecular formula is C21H28Cl2N2. The fraction of sp³-hybridized carbons (Fsp3) is 0.429. The van der Waals surface area contributed by atoms with Crippen molar-refractivity contribution in [2.75, 3.05) is 36.0 Å². The molecule has 4 heteroatoms. The molecule has 0 heterocycles. The third kappa shape index (κ3) is 4.83. The van der Waals surface area contributed by atoms with Crippen LogP contribution < -0.4 is 9.80 Å². The number of halogens is 2. The van der Waals surface area contributed by atoms with Gasteiger partial charge in [-0.1, -0.05) is 35.3 Å². The summed E-state index contributed by atoms with van der Waals surface area (Å²) in [4.78, 5) is 4.59. The van der Waals surface area contributed by atoms with E-state index in [0.717, 1.165) is 53.8 Å². The van der Waals surface area contributed by atoms with Crippen molar-refractivity contribution in [1.82, 2.24) is 0 Å². The summed E-state index contributed by atoms with van der Waals surface area (Å²) < 4.78 is 0. The average Bonchev–Trinajstić information content (AvgIpc) is 2.61. The van der Waals surface area contributed by atoms with Crippen LogP contribution in [0, 0.1) is 0 Å². The highest BCUT2D eigenvalue weighted by molar-refractivity contribution is 6.32. The molecule has 0 atom stereocenters. The fourth-order valence-electron chi connectivity index (χ4n) is 3.14. The molecule has 0 saturated heterocycles. The Morgan fingerprint density at radius 2 is 1.00 bits per heavy atom. The Bertz CT molecular complexity index is 633. The first-order valence-electron chi connectivity index (χ1n) is 9.10. The summed E-state index contributed by atoms with van der Waals surface area (Å²) >= 11 is 13.1.